The zero-order valence-electron chi connectivity index (χ0n) is 27.9. The third-order valence-electron chi connectivity index (χ3n) is 9.51. The fourth-order valence-corrected chi connectivity index (χ4v) is 8.58. The minimum atomic E-state index is -0.952. The summed E-state index contributed by atoms with van der Waals surface area (Å²) >= 11 is 0. The van der Waals surface area contributed by atoms with Gasteiger partial charge in [0.25, 0.3) is 0 Å². The summed E-state index contributed by atoms with van der Waals surface area (Å²) in [4.78, 5) is 16.6. The molecule has 0 radical (unpaired) electrons. The van der Waals surface area contributed by atoms with E-state index in [2.05, 4.69) is 89.3 Å². The van der Waals surface area contributed by atoms with Crippen LogP contribution in [0.1, 0.15) is 146 Å². The van der Waals surface area contributed by atoms with Gasteiger partial charge in [0.1, 0.15) is 6.54 Å². The van der Waals surface area contributed by atoms with Crippen molar-refractivity contribution < 1.29 is 14.5 Å². The maximum absolute atomic E-state index is 14.3. The Morgan fingerprint density at radius 1 is 0.750 bits per heavy atom. The lowest BCUT2D eigenvalue weighted by atomic mass is 9.75. The van der Waals surface area contributed by atoms with Gasteiger partial charge in [-0.1, -0.05) is 46.0 Å². The maximum Gasteiger partial charge on any atom is 0.236 e. The maximum atomic E-state index is 14.3. The third kappa shape index (κ3) is 8.61. The number of carbonyl (C=O) groups excluding carboxylic acids is 1. The molecule has 0 aromatic rings. The van der Waals surface area contributed by atoms with Gasteiger partial charge in [0.2, 0.25) is 11.5 Å². The van der Waals surface area contributed by atoms with E-state index in [9.17, 15) is 9.90 Å². The summed E-state index contributed by atoms with van der Waals surface area (Å²) in [5.74, 6) is 0.120. The van der Waals surface area contributed by atoms with Crippen molar-refractivity contribution in [1.29, 1.82) is 0 Å². The summed E-state index contributed by atoms with van der Waals surface area (Å²) in [6, 6.07) is -0.0549. The lowest BCUT2D eigenvalue weighted by molar-refractivity contribution is -0.584. The van der Waals surface area contributed by atoms with Gasteiger partial charge in [-0.2, -0.15) is 0 Å². The summed E-state index contributed by atoms with van der Waals surface area (Å²) in [6.45, 7) is 24.3. The van der Waals surface area contributed by atoms with Crippen molar-refractivity contribution in [1.82, 2.24) is 15.5 Å². The molecule has 6 heteroatoms. The number of carbonyl (C=O) groups is 1. The quantitative estimate of drug-likeness (QED) is 0.239. The van der Waals surface area contributed by atoms with Crippen LogP contribution in [0.15, 0.2) is 0 Å². The van der Waals surface area contributed by atoms with Gasteiger partial charge in [0.15, 0.2) is 6.04 Å². The summed E-state index contributed by atoms with van der Waals surface area (Å²) in [5, 5.41) is 21.9. The van der Waals surface area contributed by atoms with E-state index in [1.165, 1.54) is 25.7 Å². The summed E-state index contributed by atoms with van der Waals surface area (Å²) in [7, 11) is 0. The van der Waals surface area contributed by atoms with Crippen molar-refractivity contribution in [3.63, 3.8) is 0 Å². The molecule has 40 heavy (non-hydrogen) atoms. The summed E-state index contributed by atoms with van der Waals surface area (Å²) < 4.78 is 2.31. The second-order valence-corrected chi connectivity index (χ2v) is 16.1. The minimum absolute atomic E-state index is 0.0244. The number of nitrogens with one attached hydrogen (secondary N) is 2. The van der Waals surface area contributed by atoms with Crippen molar-refractivity contribution in [2.45, 2.75) is 193 Å². The number of rotatable bonds is 13. The molecular weight excluding hydrogens is 496 g/mol. The Morgan fingerprint density at radius 3 is 1.70 bits per heavy atom. The Kier molecular flexibility index (Phi) is 11.1. The SMILES string of the molecule is CCCCCCN(C1CC(C)(C)NC(C)(C)C1)C1C(=O)C(=[N+](CCCCCC)C2CC(C)(C)NC(C)(C)C2)C1[O-]. The average molecular weight is 561 g/mol. The Balaban J connectivity index is 1.93. The zero-order valence-corrected chi connectivity index (χ0v) is 27.9. The molecule has 2 saturated heterocycles. The molecule has 3 rings (SSSR count). The first-order valence-corrected chi connectivity index (χ1v) is 16.7. The molecular formula is C34H64N4O2. The van der Waals surface area contributed by atoms with Crippen LogP contribution in [-0.4, -0.2) is 80.4 Å². The van der Waals surface area contributed by atoms with E-state index >= 15 is 0 Å². The Morgan fingerprint density at radius 2 is 1.23 bits per heavy atom. The topological polar surface area (TPSA) is 70.4 Å². The number of nitrogens with zero attached hydrogens (tertiary/aromatic N) is 2. The number of piperidine rings is 2. The molecule has 2 unspecified atom stereocenters. The largest absolute Gasteiger partial charge is 0.843 e. The first-order valence-electron chi connectivity index (χ1n) is 16.7. The first kappa shape index (κ1) is 33.7. The number of ketones is 1. The van der Waals surface area contributed by atoms with Crippen LogP contribution in [0.25, 0.3) is 0 Å². The second kappa shape index (κ2) is 13.2. The molecule has 3 fully saturated rings. The number of hydrogen-bond donors (Lipinski definition) is 2. The highest BCUT2D eigenvalue weighted by molar-refractivity contribution is 6.48. The van der Waals surface area contributed by atoms with Crippen LogP contribution in [-0.2, 0) is 4.79 Å². The standard InChI is InChI=1S/C34H64N4O2/c1-11-13-15-17-19-37(25-21-31(3,4)35-32(5,6)22-25)27-29(39)28(30(27)40)38(20-18-16-14-12-2)26-23-33(7,8)36-34(9,10)24-26/h25-27,29,35-36H,11-24H2,1-10H3. The monoisotopic (exact) mass is 561 g/mol. The minimum Gasteiger partial charge on any atom is -0.843 e. The van der Waals surface area contributed by atoms with Crippen LogP contribution in [0.4, 0.5) is 0 Å². The Hall–Kier alpha value is -0.820. The summed E-state index contributed by atoms with van der Waals surface area (Å²) in [5.41, 5.74) is 0.478. The molecule has 2 heterocycles. The molecule has 232 valence electrons. The molecule has 6 nitrogen and oxygen atoms in total. The van der Waals surface area contributed by atoms with Crippen LogP contribution in [0, 0.1) is 0 Å². The van der Waals surface area contributed by atoms with E-state index in [1.807, 2.05) is 0 Å². The second-order valence-electron chi connectivity index (χ2n) is 16.1. The van der Waals surface area contributed by atoms with E-state index in [0.717, 1.165) is 64.5 Å². The Bertz CT molecular complexity index is 858. The van der Waals surface area contributed by atoms with Crippen molar-refractivity contribution in [3.05, 3.63) is 0 Å². The fraction of sp³-hybridized carbons (Fsp3) is 0.941. The van der Waals surface area contributed by atoms with Crippen LogP contribution >= 0.6 is 0 Å². The third-order valence-corrected chi connectivity index (χ3v) is 9.51. The van der Waals surface area contributed by atoms with Gasteiger partial charge in [-0.15, -0.1) is 0 Å². The number of Topliss-reactive ketones (excluding diaryl/α,β-unsaturated/α-hetero) is 1. The molecule has 2 N–H and O–H groups in total. The predicted molar refractivity (Wildman–Crippen MR) is 166 cm³/mol. The predicted octanol–water partition coefficient (Wildman–Crippen LogP) is 5.20. The highest BCUT2D eigenvalue weighted by Gasteiger charge is 2.54. The van der Waals surface area contributed by atoms with E-state index in [-0.39, 0.29) is 40.0 Å². The molecule has 0 bridgehead atoms. The lowest BCUT2D eigenvalue weighted by Crippen LogP contribution is -2.76. The van der Waals surface area contributed by atoms with Crippen LogP contribution in [0.5, 0.6) is 0 Å². The van der Waals surface area contributed by atoms with Gasteiger partial charge in [0, 0.05) is 47.5 Å². The molecule has 3 aliphatic rings. The van der Waals surface area contributed by atoms with Crippen LogP contribution in [0.2, 0.25) is 0 Å². The number of hydrogen-bond acceptors (Lipinski definition) is 5. The van der Waals surface area contributed by atoms with Gasteiger partial charge < -0.3 is 15.7 Å². The van der Waals surface area contributed by atoms with Gasteiger partial charge >= 0.3 is 0 Å². The highest BCUT2D eigenvalue weighted by atomic mass is 16.3. The first-order chi connectivity index (χ1) is 18.5. The lowest BCUT2D eigenvalue weighted by Gasteiger charge is -2.55. The Labute approximate surface area is 247 Å². The van der Waals surface area contributed by atoms with Gasteiger partial charge in [0.05, 0.1) is 6.04 Å². The smallest absolute Gasteiger partial charge is 0.236 e. The zero-order chi connectivity index (χ0) is 29.9. The normalized spacial score (nSPS) is 29.4. The number of unbranched alkanes of at least 4 members (excludes halogenated alkanes) is 6. The molecule has 1 saturated carbocycles. The summed E-state index contributed by atoms with van der Waals surface area (Å²) in [6.07, 6.45) is 12.1. The molecule has 0 aromatic heterocycles. The van der Waals surface area contributed by atoms with E-state index in [4.69, 9.17) is 0 Å². The van der Waals surface area contributed by atoms with Crippen molar-refractivity contribution >= 4 is 11.5 Å². The molecule has 2 aliphatic heterocycles. The van der Waals surface area contributed by atoms with Crippen LogP contribution in [0.3, 0.4) is 0 Å². The highest BCUT2D eigenvalue weighted by Crippen LogP contribution is 2.36. The molecule has 0 spiro atoms. The van der Waals surface area contributed by atoms with E-state index < -0.39 is 12.1 Å². The van der Waals surface area contributed by atoms with Crippen molar-refractivity contribution in [2.75, 3.05) is 13.1 Å². The van der Waals surface area contributed by atoms with Gasteiger partial charge in [-0.25, -0.2) is 4.58 Å². The van der Waals surface area contributed by atoms with E-state index in [1.54, 1.807) is 0 Å². The fourth-order valence-electron chi connectivity index (χ4n) is 8.58. The molecule has 2 atom stereocenters. The van der Waals surface area contributed by atoms with Gasteiger partial charge in [-0.05, 0) is 93.7 Å². The van der Waals surface area contributed by atoms with Crippen molar-refractivity contribution in [2.24, 2.45) is 0 Å². The van der Waals surface area contributed by atoms with Gasteiger partial charge in [-0.3, -0.25) is 9.69 Å². The average Bonchev–Trinajstić information content (AvgIpc) is 2.78. The van der Waals surface area contributed by atoms with E-state index in [0.29, 0.717) is 5.71 Å². The molecule has 0 aromatic carbocycles. The van der Waals surface area contributed by atoms with Crippen LogP contribution < -0.4 is 15.7 Å². The molecule has 1 aliphatic carbocycles. The molecule has 0 amide bonds. The van der Waals surface area contributed by atoms with Crippen molar-refractivity contribution in [3.8, 4) is 0 Å².